The first-order valence-electron chi connectivity index (χ1n) is 8.35. The third kappa shape index (κ3) is 2.90. The predicted molar refractivity (Wildman–Crippen MR) is 99.6 cm³/mol. The summed E-state index contributed by atoms with van der Waals surface area (Å²) in [6.07, 6.45) is 4.42. The fourth-order valence-corrected chi connectivity index (χ4v) is 3.39. The van der Waals surface area contributed by atoms with Crippen molar-refractivity contribution in [3.8, 4) is 0 Å². The van der Waals surface area contributed by atoms with Gasteiger partial charge in [0, 0.05) is 19.3 Å². The van der Waals surface area contributed by atoms with E-state index in [-0.39, 0.29) is 16.4 Å². The Bertz CT molecular complexity index is 1020. The normalized spacial score (nSPS) is 14.3. The van der Waals surface area contributed by atoms with Gasteiger partial charge in [-0.1, -0.05) is 18.2 Å². The number of nitro benzene ring substituents is 1. The third-order valence-electron chi connectivity index (χ3n) is 4.68. The van der Waals surface area contributed by atoms with Crippen LogP contribution in [0.4, 0.5) is 15.8 Å². The summed E-state index contributed by atoms with van der Waals surface area (Å²) in [5.74, 6) is -0.257. The molecule has 2 heterocycles. The number of rotatable bonds is 3. The quantitative estimate of drug-likeness (QED) is 0.513. The molecule has 1 aliphatic heterocycles. The van der Waals surface area contributed by atoms with E-state index in [1.54, 1.807) is 36.5 Å². The van der Waals surface area contributed by atoms with Crippen LogP contribution in [-0.4, -0.2) is 23.0 Å². The number of anilines is 1. The first kappa shape index (κ1) is 16.2. The highest BCUT2D eigenvalue weighted by atomic mass is 19.1. The molecule has 6 heteroatoms. The monoisotopic (exact) mass is 349 g/mol. The Labute approximate surface area is 149 Å². The van der Waals surface area contributed by atoms with E-state index in [4.69, 9.17) is 0 Å². The number of benzene rings is 2. The van der Waals surface area contributed by atoms with Gasteiger partial charge >= 0.3 is 5.69 Å². The maximum atomic E-state index is 13.1. The minimum atomic E-state index is -0.335. The van der Waals surface area contributed by atoms with E-state index in [0.717, 1.165) is 17.6 Å². The molecule has 0 bridgehead atoms. The molecule has 0 fully saturated rings. The van der Waals surface area contributed by atoms with E-state index in [0.29, 0.717) is 29.7 Å². The minimum Gasteiger partial charge on any atom is -0.362 e. The van der Waals surface area contributed by atoms with E-state index in [9.17, 15) is 14.5 Å². The summed E-state index contributed by atoms with van der Waals surface area (Å²) >= 11 is 0. The topological polar surface area (TPSA) is 59.3 Å². The molecule has 130 valence electrons. The summed E-state index contributed by atoms with van der Waals surface area (Å²) < 4.78 is 13.1. The molecule has 0 atom stereocenters. The van der Waals surface area contributed by atoms with E-state index >= 15 is 0 Å². The maximum Gasteiger partial charge on any atom is 0.301 e. The second-order valence-electron chi connectivity index (χ2n) is 6.19. The van der Waals surface area contributed by atoms with Gasteiger partial charge < -0.3 is 4.90 Å². The molecule has 3 aromatic rings. The SMILES string of the molecule is O=[N+]([O-])c1c(N2CC=C(c3ccc(F)cc3)CC2)ccc2ncccc12. The van der Waals surface area contributed by atoms with Gasteiger partial charge in [-0.2, -0.15) is 0 Å². The number of aromatic nitrogens is 1. The minimum absolute atomic E-state index is 0.0919. The number of nitrogens with zero attached hydrogens (tertiary/aromatic N) is 3. The van der Waals surface area contributed by atoms with Crippen LogP contribution in [0.2, 0.25) is 0 Å². The molecule has 0 spiro atoms. The molecule has 0 aliphatic carbocycles. The zero-order valence-electron chi connectivity index (χ0n) is 13.9. The predicted octanol–water partition coefficient (Wildman–Crippen LogP) is 4.58. The van der Waals surface area contributed by atoms with Crippen LogP contribution < -0.4 is 4.90 Å². The zero-order chi connectivity index (χ0) is 18.1. The standard InChI is InChI=1S/C20H16FN3O2/c21-16-5-3-14(4-6-16)15-9-12-23(13-10-15)19-8-7-18-17(2-1-11-22-18)20(19)24(25)26/h1-9,11H,10,12-13H2. The molecule has 4 rings (SSSR count). The fraction of sp³-hybridized carbons (Fsp3) is 0.150. The van der Waals surface area contributed by atoms with Crippen molar-refractivity contribution in [2.75, 3.05) is 18.0 Å². The van der Waals surface area contributed by atoms with Crippen molar-refractivity contribution in [1.82, 2.24) is 4.98 Å². The molecular weight excluding hydrogens is 333 g/mol. The Kier molecular flexibility index (Phi) is 4.08. The molecular formula is C20H16FN3O2. The van der Waals surface area contributed by atoms with Gasteiger partial charge in [-0.3, -0.25) is 15.1 Å². The van der Waals surface area contributed by atoms with Gasteiger partial charge in [0.25, 0.3) is 0 Å². The van der Waals surface area contributed by atoms with E-state index in [1.807, 2.05) is 17.0 Å². The number of hydrogen-bond donors (Lipinski definition) is 0. The zero-order valence-corrected chi connectivity index (χ0v) is 13.9. The second-order valence-corrected chi connectivity index (χ2v) is 6.19. The lowest BCUT2D eigenvalue weighted by Crippen LogP contribution is -2.28. The first-order chi connectivity index (χ1) is 12.6. The van der Waals surface area contributed by atoms with E-state index in [2.05, 4.69) is 4.98 Å². The van der Waals surface area contributed by atoms with Crippen LogP contribution >= 0.6 is 0 Å². The summed E-state index contributed by atoms with van der Waals surface area (Å²) in [5, 5.41) is 12.2. The molecule has 5 nitrogen and oxygen atoms in total. The van der Waals surface area contributed by atoms with Crippen molar-refractivity contribution in [1.29, 1.82) is 0 Å². The van der Waals surface area contributed by atoms with E-state index in [1.165, 1.54) is 12.1 Å². The average Bonchev–Trinajstić information content (AvgIpc) is 2.67. The van der Waals surface area contributed by atoms with Crippen molar-refractivity contribution >= 4 is 27.9 Å². The summed E-state index contributed by atoms with van der Waals surface area (Å²) in [4.78, 5) is 17.6. The van der Waals surface area contributed by atoms with Crippen molar-refractivity contribution < 1.29 is 9.31 Å². The Morgan fingerprint density at radius 1 is 1.12 bits per heavy atom. The van der Waals surface area contributed by atoms with Gasteiger partial charge in [-0.25, -0.2) is 4.39 Å². The number of nitro groups is 1. The molecule has 0 saturated heterocycles. The molecule has 26 heavy (non-hydrogen) atoms. The first-order valence-corrected chi connectivity index (χ1v) is 8.35. The van der Waals surface area contributed by atoms with Crippen LogP contribution in [0.25, 0.3) is 16.5 Å². The van der Waals surface area contributed by atoms with Gasteiger partial charge in [0.2, 0.25) is 0 Å². The highest BCUT2D eigenvalue weighted by Gasteiger charge is 2.24. The highest BCUT2D eigenvalue weighted by molar-refractivity contribution is 5.94. The van der Waals surface area contributed by atoms with Crippen LogP contribution in [0.5, 0.6) is 0 Å². The molecule has 2 aromatic carbocycles. The lowest BCUT2D eigenvalue weighted by molar-refractivity contribution is -0.382. The molecule has 0 saturated carbocycles. The largest absolute Gasteiger partial charge is 0.362 e. The molecule has 1 aromatic heterocycles. The number of halogens is 1. The second kappa shape index (κ2) is 6.55. The van der Waals surface area contributed by atoms with Crippen LogP contribution in [0.3, 0.4) is 0 Å². The van der Waals surface area contributed by atoms with Gasteiger partial charge in [0.15, 0.2) is 0 Å². The smallest absolute Gasteiger partial charge is 0.301 e. The summed E-state index contributed by atoms with van der Waals surface area (Å²) in [7, 11) is 0. The summed E-state index contributed by atoms with van der Waals surface area (Å²) in [5.41, 5.74) is 3.43. The molecule has 0 unspecified atom stereocenters. The fourth-order valence-electron chi connectivity index (χ4n) is 3.39. The highest BCUT2D eigenvalue weighted by Crippen LogP contribution is 2.37. The van der Waals surface area contributed by atoms with Gasteiger partial charge in [-0.05, 0) is 54.0 Å². The van der Waals surface area contributed by atoms with Crippen molar-refractivity contribution in [2.45, 2.75) is 6.42 Å². The number of hydrogen-bond acceptors (Lipinski definition) is 4. The van der Waals surface area contributed by atoms with Gasteiger partial charge in [0.05, 0.1) is 15.8 Å². The van der Waals surface area contributed by atoms with Crippen LogP contribution in [-0.2, 0) is 0 Å². The molecule has 0 amide bonds. The Balaban J connectivity index is 1.68. The number of pyridine rings is 1. The summed E-state index contributed by atoms with van der Waals surface area (Å²) in [6.45, 7) is 1.23. The van der Waals surface area contributed by atoms with Crippen LogP contribution in [0.15, 0.2) is 60.8 Å². The lowest BCUT2D eigenvalue weighted by Gasteiger charge is -2.28. The van der Waals surface area contributed by atoms with Crippen molar-refractivity contribution in [3.63, 3.8) is 0 Å². The van der Waals surface area contributed by atoms with Crippen LogP contribution in [0.1, 0.15) is 12.0 Å². The maximum absolute atomic E-state index is 13.1. The van der Waals surface area contributed by atoms with E-state index < -0.39 is 0 Å². The lowest BCUT2D eigenvalue weighted by atomic mass is 9.99. The van der Waals surface area contributed by atoms with Crippen LogP contribution in [0, 0.1) is 15.9 Å². The molecule has 1 aliphatic rings. The Morgan fingerprint density at radius 2 is 1.92 bits per heavy atom. The number of fused-ring (bicyclic) bond motifs is 1. The van der Waals surface area contributed by atoms with Gasteiger partial charge in [-0.15, -0.1) is 0 Å². The van der Waals surface area contributed by atoms with Crippen molar-refractivity contribution in [3.05, 3.63) is 82.3 Å². The Morgan fingerprint density at radius 3 is 2.62 bits per heavy atom. The Hall–Kier alpha value is -3.28. The van der Waals surface area contributed by atoms with Gasteiger partial charge in [0.1, 0.15) is 11.5 Å². The third-order valence-corrected chi connectivity index (χ3v) is 4.68. The molecule has 0 radical (unpaired) electrons. The molecule has 0 N–H and O–H groups in total. The average molecular weight is 349 g/mol. The van der Waals surface area contributed by atoms with Crippen molar-refractivity contribution in [2.24, 2.45) is 0 Å². The summed E-state index contributed by atoms with van der Waals surface area (Å²) in [6, 6.07) is 13.5.